The van der Waals surface area contributed by atoms with Gasteiger partial charge in [-0.2, -0.15) is 0 Å². The van der Waals surface area contributed by atoms with Gasteiger partial charge in [-0.15, -0.1) is 0 Å². The molecule has 3 nitrogen and oxygen atoms in total. The molecule has 1 aromatic carbocycles. The maximum absolute atomic E-state index is 5.18. The number of hydrogen-bond donors (Lipinski definition) is 1. The molecule has 0 saturated carbocycles. The molecule has 0 aromatic heterocycles. The van der Waals surface area contributed by atoms with Gasteiger partial charge in [0.1, 0.15) is 5.75 Å². The van der Waals surface area contributed by atoms with Crippen LogP contribution in [0, 0.1) is 0 Å². The number of benzene rings is 1. The molecule has 0 bridgehead atoms. The fourth-order valence-corrected chi connectivity index (χ4v) is 2.01. The van der Waals surface area contributed by atoms with Gasteiger partial charge in [0.2, 0.25) is 0 Å². The molecule has 1 unspecified atom stereocenters. The second-order valence-electron chi connectivity index (χ2n) is 5.15. The maximum Gasteiger partial charge on any atom is 0.118 e. The molecule has 1 aromatic rings. The van der Waals surface area contributed by atoms with Crippen molar-refractivity contribution in [2.24, 2.45) is 0 Å². The van der Waals surface area contributed by atoms with Crippen LogP contribution in [0.2, 0.25) is 0 Å². The summed E-state index contributed by atoms with van der Waals surface area (Å²) in [5.41, 5.74) is 1.33. The molecular formula is C16H28N2O. The molecule has 19 heavy (non-hydrogen) atoms. The summed E-state index contributed by atoms with van der Waals surface area (Å²) >= 11 is 0. The van der Waals surface area contributed by atoms with Crippen LogP contribution in [0.25, 0.3) is 0 Å². The summed E-state index contributed by atoms with van der Waals surface area (Å²) in [7, 11) is 3.89. The van der Waals surface area contributed by atoms with Gasteiger partial charge in [-0.05, 0) is 57.6 Å². The summed E-state index contributed by atoms with van der Waals surface area (Å²) in [5, 5.41) is 3.46. The van der Waals surface area contributed by atoms with Gasteiger partial charge in [0.05, 0.1) is 7.11 Å². The van der Waals surface area contributed by atoms with Crippen molar-refractivity contribution in [3.8, 4) is 5.75 Å². The largest absolute Gasteiger partial charge is 0.497 e. The lowest BCUT2D eigenvalue weighted by Gasteiger charge is -2.25. The van der Waals surface area contributed by atoms with Crippen LogP contribution in [-0.2, 0) is 6.54 Å². The van der Waals surface area contributed by atoms with Crippen LogP contribution < -0.4 is 10.1 Å². The highest BCUT2D eigenvalue weighted by atomic mass is 16.5. The molecule has 3 heteroatoms. The first-order valence-corrected chi connectivity index (χ1v) is 7.21. The normalized spacial score (nSPS) is 12.7. The van der Waals surface area contributed by atoms with Gasteiger partial charge in [-0.3, -0.25) is 4.90 Å². The molecule has 0 saturated heterocycles. The molecule has 0 aliphatic heterocycles. The molecule has 1 atom stereocenters. The Morgan fingerprint density at radius 1 is 1.21 bits per heavy atom. The molecule has 0 amide bonds. The third kappa shape index (κ3) is 6.08. The van der Waals surface area contributed by atoms with Gasteiger partial charge in [-0.25, -0.2) is 0 Å². The maximum atomic E-state index is 5.18. The first kappa shape index (κ1) is 16.0. The van der Waals surface area contributed by atoms with Crippen LogP contribution in [0.4, 0.5) is 0 Å². The van der Waals surface area contributed by atoms with Gasteiger partial charge < -0.3 is 10.1 Å². The van der Waals surface area contributed by atoms with E-state index in [9.17, 15) is 0 Å². The molecule has 1 N–H and O–H groups in total. The summed E-state index contributed by atoms with van der Waals surface area (Å²) in [6, 6.07) is 8.91. The molecule has 0 heterocycles. The second-order valence-corrected chi connectivity index (χ2v) is 5.15. The highest BCUT2D eigenvalue weighted by Crippen LogP contribution is 2.14. The van der Waals surface area contributed by atoms with Crippen molar-refractivity contribution in [3.63, 3.8) is 0 Å². The monoisotopic (exact) mass is 264 g/mol. The molecule has 1 rings (SSSR count). The van der Waals surface area contributed by atoms with Crippen LogP contribution in [0.3, 0.4) is 0 Å². The zero-order valence-corrected chi connectivity index (χ0v) is 12.8. The Kier molecular flexibility index (Phi) is 7.53. The third-order valence-corrected chi connectivity index (χ3v) is 3.51. The predicted molar refractivity (Wildman–Crippen MR) is 81.7 cm³/mol. The van der Waals surface area contributed by atoms with Crippen LogP contribution in [0.1, 0.15) is 32.3 Å². The summed E-state index contributed by atoms with van der Waals surface area (Å²) in [4.78, 5) is 2.40. The van der Waals surface area contributed by atoms with Crippen LogP contribution >= 0.6 is 0 Å². The Morgan fingerprint density at radius 3 is 2.47 bits per heavy atom. The average Bonchev–Trinajstić information content (AvgIpc) is 2.44. The molecule has 0 fully saturated rings. The van der Waals surface area contributed by atoms with E-state index in [0.29, 0.717) is 6.04 Å². The van der Waals surface area contributed by atoms with E-state index in [1.54, 1.807) is 7.11 Å². The fraction of sp³-hybridized carbons (Fsp3) is 0.625. The van der Waals surface area contributed by atoms with Crippen molar-refractivity contribution in [3.05, 3.63) is 29.8 Å². The van der Waals surface area contributed by atoms with E-state index < -0.39 is 0 Å². The Morgan fingerprint density at radius 2 is 1.89 bits per heavy atom. The van der Waals surface area contributed by atoms with Crippen molar-refractivity contribution in [2.75, 3.05) is 27.2 Å². The summed E-state index contributed by atoms with van der Waals surface area (Å²) in [6.07, 6.45) is 2.39. The average molecular weight is 264 g/mol. The quantitative estimate of drug-likeness (QED) is 0.694. The second kappa shape index (κ2) is 8.94. The highest BCUT2D eigenvalue weighted by molar-refractivity contribution is 5.27. The Hall–Kier alpha value is -1.06. The number of methoxy groups -OCH3 is 1. The molecule has 0 radical (unpaired) electrons. The summed E-state index contributed by atoms with van der Waals surface area (Å²) in [5.74, 6) is 0.920. The molecule has 0 aliphatic carbocycles. The Balaban J connectivity index is 2.33. The van der Waals surface area contributed by atoms with Gasteiger partial charge >= 0.3 is 0 Å². The topological polar surface area (TPSA) is 24.5 Å². The van der Waals surface area contributed by atoms with Gasteiger partial charge in [-0.1, -0.05) is 19.1 Å². The van der Waals surface area contributed by atoms with Crippen molar-refractivity contribution < 1.29 is 4.74 Å². The van der Waals surface area contributed by atoms with E-state index in [-0.39, 0.29) is 0 Å². The zero-order valence-electron chi connectivity index (χ0n) is 12.8. The number of hydrogen-bond acceptors (Lipinski definition) is 3. The SMILES string of the molecule is CCCNCCC(C)N(C)Cc1ccc(OC)cc1. The van der Waals surface area contributed by atoms with E-state index in [1.807, 2.05) is 12.1 Å². The number of rotatable bonds is 9. The standard InChI is InChI=1S/C16H28N2O/c1-5-11-17-12-10-14(2)18(3)13-15-6-8-16(19-4)9-7-15/h6-9,14,17H,5,10-13H2,1-4H3. The zero-order chi connectivity index (χ0) is 14.1. The molecule has 0 aliphatic rings. The summed E-state index contributed by atoms with van der Waals surface area (Å²) in [6.45, 7) is 7.69. The summed E-state index contributed by atoms with van der Waals surface area (Å²) < 4.78 is 5.18. The number of ether oxygens (including phenoxy) is 1. The lowest BCUT2D eigenvalue weighted by molar-refractivity contribution is 0.236. The molecule has 0 spiro atoms. The van der Waals surface area contributed by atoms with Gasteiger partial charge in [0, 0.05) is 12.6 Å². The van der Waals surface area contributed by atoms with E-state index >= 15 is 0 Å². The Labute approximate surface area is 118 Å². The lowest BCUT2D eigenvalue weighted by Crippen LogP contribution is -2.32. The minimum absolute atomic E-state index is 0.589. The Bertz CT molecular complexity index is 337. The van der Waals surface area contributed by atoms with Crippen molar-refractivity contribution in [1.29, 1.82) is 0 Å². The fourth-order valence-electron chi connectivity index (χ4n) is 2.01. The smallest absolute Gasteiger partial charge is 0.118 e. The number of nitrogens with zero attached hydrogens (tertiary/aromatic N) is 1. The van der Waals surface area contributed by atoms with Crippen LogP contribution in [-0.4, -0.2) is 38.2 Å². The van der Waals surface area contributed by atoms with Crippen LogP contribution in [0.5, 0.6) is 5.75 Å². The lowest BCUT2D eigenvalue weighted by atomic mass is 10.1. The van der Waals surface area contributed by atoms with E-state index in [0.717, 1.165) is 25.4 Å². The third-order valence-electron chi connectivity index (χ3n) is 3.51. The highest BCUT2D eigenvalue weighted by Gasteiger charge is 2.09. The van der Waals surface area contributed by atoms with Crippen molar-refractivity contribution in [1.82, 2.24) is 10.2 Å². The van der Waals surface area contributed by atoms with Gasteiger partial charge in [0.15, 0.2) is 0 Å². The van der Waals surface area contributed by atoms with E-state index in [4.69, 9.17) is 4.74 Å². The molecule has 108 valence electrons. The van der Waals surface area contributed by atoms with E-state index in [1.165, 1.54) is 18.4 Å². The van der Waals surface area contributed by atoms with Crippen molar-refractivity contribution in [2.45, 2.75) is 39.3 Å². The first-order valence-electron chi connectivity index (χ1n) is 7.21. The van der Waals surface area contributed by atoms with Crippen molar-refractivity contribution >= 4 is 0 Å². The van der Waals surface area contributed by atoms with Crippen LogP contribution in [0.15, 0.2) is 24.3 Å². The van der Waals surface area contributed by atoms with E-state index in [2.05, 4.69) is 43.2 Å². The predicted octanol–water partition coefficient (Wildman–Crippen LogP) is 2.91. The minimum atomic E-state index is 0.589. The minimum Gasteiger partial charge on any atom is -0.497 e. The van der Waals surface area contributed by atoms with Gasteiger partial charge in [0.25, 0.3) is 0 Å². The first-order chi connectivity index (χ1) is 9.17. The molecular weight excluding hydrogens is 236 g/mol. The number of nitrogens with one attached hydrogen (secondary N) is 1.